The molecule has 0 spiro atoms. The molecule has 23 heavy (non-hydrogen) atoms. The number of likely N-dealkylation sites (tertiary alicyclic amines) is 1. The summed E-state index contributed by atoms with van der Waals surface area (Å²) in [7, 11) is 1.99. The number of nitrogens with one attached hydrogen (secondary N) is 1. The molecule has 0 aromatic heterocycles. The summed E-state index contributed by atoms with van der Waals surface area (Å²) in [6.45, 7) is 2.87. The second kappa shape index (κ2) is 8.70. The maximum Gasteiger partial charge on any atom is 0.226 e. The lowest BCUT2D eigenvalue weighted by Crippen LogP contribution is -2.43. The van der Waals surface area contributed by atoms with Gasteiger partial charge in [-0.3, -0.25) is 4.79 Å². The summed E-state index contributed by atoms with van der Waals surface area (Å²) in [6, 6.07) is 6.69. The molecule has 1 saturated heterocycles. The summed E-state index contributed by atoms with van der Waals surface area (Å²) in [5.41, 5.74) is 4.17. The van der Waals surface area contributed by atoms with E-state index in [-0.39, 0.29) is 12.4 Å². The summed E-state index contributed by atoms with van der Waals surface area (Å²) in [5, 5.41) is 3.24. The fourth-order valence-corrected chi connectivity index (χ4v) is 3.93. The minimum absolute atomic E-state index is 0. The molecule has 1 heterocycles. The number of fused-ring (bicyclic) bond motifs is 1. The monoisotopic (exact) mass is 336 g/mol. The summed E-state index contributed by atoms with van der Waals surface area (Å²) in [4.78, 5) is 14.7. The van der Waals surface area contributed by atoms with Gasteiger partial charge in [0.05, 0.1) is 6.42 Å². The van der Waals surface area contributed by atoms with Crippen LogP contribution in [0, 0.1) is 5.92 Å². The first-order valence-electron chi connectivity index (χ1n) is 8.79. The van der Waals surface area contributed by atoms with E-state index in [9.17, 15) is 4.79 Å². The number of rotatable bonds is 4. The topological polar surface area (TPSA) is 32.3 Å². The first kappa shape index (κ1) is 18.3. The number of hydrogen-bond acceptors (Lipinski definition) is 2. The van der Waals surface area contributed by atoms with Gasteiger partial charge in [-0.1, -0.05) is 18.2 Å². The number of aryl methyl sites for hydroxylation is 2. The van der Waals surface area contributed by atoms with Crippen LogP contribution in [0.4, 0.5) is 0 Å². The number of hydrogen-bond donors (Lipinski definition) is 1. The third-order valence-electron chi connectivity index (χ3n) is 5.13. The maximum absolute atomic E-state index is 12.6. The third-order valence-corrected chi connectivity index (χ3v) is 5.13. The Morgan fingerprint density at radius 3 is 2.78 bits per heavy atom. The fraction of sp³-hybridized carbons (Fsp3) is 0.632. The van der Waals surface area contributed by atoms with Crippen LogP contribution in [-0.2, 0) is 24.1 Å². The zero-order valence-electron chi connectivity index (χ0n) is 14.1. The van der Waals surface area contributed by atoms with Crippen LogP contribution < -0.4 is 5.32 Å². The predicted octanol–water partition coefficient (Wildman–Crippen LogP) is 2.99. The van der Waals surface area contributed by atoms with Crippen molar-refractivity contribution in [3.05, 3.63) is 34.9 Å². The highest BCUT2D eigenvalue weighted by Gasteiger charge is 2.23. The van der Waals surface area contributed by atoms with E-state index in [0.29, 0.717) is 18.2 Å². The lowest BCUT2D eigenvalue weighted by atomic mass is 9.90. The molecule has 1 amide bonds. The largest absolute Gasteiger partial charge is 0.342 e. The Balaban J connectivity index is 0.00000192. The Bertz CT molecular complexity index is 530. The second-order valence-electron chi connectivity index (χ2n) is 6.89. The highest BCUT2D eigenvalue weighted by Crippen LogP contribution is 2.23. The molecule has 1 unspecified atom stereocenters. The van der Waals surface area contributed by atoms with Crippen LogP contribution >= 0.6 is 12.4 Å². The molecule has 1 N–H and O–H groups in total. The number of piperidine rings is 1. The van der Waals surface area contributed by atoms with E-state index in [1.165, 1.54) is 48.8 Å². The van der Waals surface area contributed by atoms with E-state index in [1.807, 2.05) is 7.05 Å². The van der Waals surface area contributed by atoms with Crippen LogP contribution in [0.1, 0.15) is 42.4 Å². The van der Waals surface area contributed by atoms with Crippen LogP contribution in [0.2, 0.25) is 0 Å². The highest BCUT2D eigenvalue weighted by atomic mass is 35.5. The number of benzene rings is 1. The summed E-state index contributed by atoms with van der Waals surface area (Å²) in [5.74, 6) is 0.919. The molecule has 1 fully saturated rings. The average Bonchev–Trinajstić information content (AvgIpc) is 2.55. The van der Waals surface area contributed by atoms with Gasteiger partial charge < -0.3 is 10.2 Å². The smallest absolute Gasteiger partial charge is 0.226 e. The molecule has 3 nitrogen and oxygen atoms in total. The normalized spacial score (nSPS) is 20.6. The number of nitrogens with zero attached hydrogens (tertiary/aromatic N) is 1. The van der Waals surface area contributed by atoms with Crippen molar-refractivity contribution in [3.63, 3.8) is 0 Å². The minimum Gasteiger partial charge on any atom is -0.342 e. The molecule has 0 saturated carbocycles. The van der Waals surface area contributed by atoms with Gasteiger partial charge in [0.1, 0.15) is 0 Å². The van der Waals surface area contributed by atoms with Crippen molar-refractivity contribution >= 4 is 18.3 Å². The first-order valence-corrected chi connectivity index (χ1v) is 8.79. The molecular weight excluding hydrogens is 308 g/mol. The highest BCUT2D eigenvalue weighted by molar-refractivity contribution is 5.85. The summed E-state index contributed by atoms with van der Waals surface area (Å²) >= 11 is 0. The van der Waals surface area contributed by atoms with Crippen molar-refractivity contribution in [1.29, 1.82) is 0 Å². The zero-order chi connectivity index (χ0) is 15.4. The van der Waals surface area contributed by atoms with E-state index < -0.39 is 0 Å². The second-order valence-corrected chi connectivity index (χ2v) is 6.89. The van der Waals surface area contributed by atoms with E-state index in [1.54, 1.807) is 0 Å². The van der Waals surface area contributed by atoms with Crippen molar-refractivity contribution in [1.82, 2.24) is 10.2 Å². The SMILES string of the molecule is CNCC1CCCN(C(=O)Cc2ccc3c(c2)CCCC3)C1.Cl. The van der Waals surface area contributed by atoms with Crippen LogP contribution in [0.25, 0.3) is 0 Å². The van der Waals surface area contributed by atoms with Crippen molar-refractivity contribution in [3.8, 4) is 0 Å². The molecule has 1 aromatic rings. The first-order chi connectivity index (χ1) is 10.8. The van der Waals surface area contributed by atoms with Gasteiger partial charge in [-0.05, 0) is 74.7 Å². The molecule has 0 radical (unpaired) electrons. The summed E-state index contributed by atoms with van der Waals surface area (Å²) in [6.07, 6.45) is 7.95. The fourth-order valence-electron chi connectivity index (χ4n) is 3.93. The molecule has 128 valence electrons. The molecule has 1 aliphatic heterocycles. The maximum atomic E-state index is 12.6. The molecule has 0 bridgehead atoms. The quantitative estimate of drug-likeness (QED) is 0.916. The molecule has 1 atom stereocenters. The van der Waals surface area contributed by atoms with Gasteiger partial charge in [-0.15, -0.1) is 12.4 Å². The van der Waals surface area contributed by atoms with Gasteiger partial charge in [0, 0.05) is 13.1 Å². The lowest BCUT2D eigenvalue weighted by Gasteiger charge is -2.33. The van der Waals surface area contributed by atoms with E-state index >= 15 is 0 Å². The van der Waals surface area contributed by atoms with Gasteiger partial charge in [-0.25, -0.2) is 0 Å². The van der Waals surface area contributed by atoms with Crippen LogP contribution in [-0.4, -0.2) is 37.5 Å². The van der Waals surface area contributed by atoms with E-state index in [4.69, 9.17) is 0 Å². The molecule has 1 aliphatic carbocycles. The van der Waals surface area contributed by atoms with Crippen LogP contribution in [0.3, 0.4) is 0 Å². The standard InChI is InChI=1S/C19H28N2O.ClH/c1-20-13-16-5-4-10-21(14-16)19(22)12-15-8-9-17-6-2-3-7-18(17)11-15;/h8-9,11,16,20H,2-7,10,12-14H2,1H3;1H. The minimum atomic E-state index is 0. The Morgan fingerprint density at radius 1 is 1.22 bits per heavy atom. The van der Waals surface area contributed by atoms with Crippen molar-refractivity contribution in [2.45, 2.75) is 44.9 Å². The summed E-state index contributed by atoms with van der Waals surface area (Å²) < 4.78 is 0. The van der Waals surface area contributed by atoms with Crippen molar-refractivity contribution in [2.24, 2.45) is 5.92 Å². The Morgan fingerprint density at radius 2 is 2.00 bits per heavy atom. The van der Waals surface area contributed by atoms with Gasteiger partial charge in [0.15, 0.2) is 0 Å². The molecule has 4 heteroatoms. The number of halogens is 1. The Kier molecular flexibility index (Phi) is 6.91. The van der Waals surface area contributed by atoms with Gasteiger partial charge in [0.2, 0.25) is 5.91 Å². The number of carbonyl (C=O) groups excluding carboxylic acids is 1. The van der Waals surface area contributed by atoms with Crippen molar-refractivity contribution < 1.29 is 4.79 Å². The van der Waals surface area contributed by atoms with Gasteiger partial charge in [0.25, 0.3) is 0 Å². The lowest BCUT2D eigenvalue weighted by molar-refractivity contribution is -0.132. The predicted molar refractivity (Wildman–Crippen MR) is 97.3 cm³/mol. The Hall–Kier alpha value is -1.06. The van der Waals surface area contributed by atoms with Crippen LogP contribution in [0.15, 0.2) is 18.2 Å². The molecular formula is C19H29ClN2O. The zero-order valence-corrected chi connectivity index (χ0v) is 15.0. The van der Waals surface area contributed by atoms with E-state index in [0.717, 1.165) is 26.1 Å². The third kappa shape index (κ3) is 4.71. The molecule has 1 aromatic carbocycles. The van der Waals surface area contributed by atoms with E-state index in [2.05, 4.69) is 28.4 Å². The number of amides is 1. The van der Waals surface area contributed by atoms with Gasteiger partial charge in [-0.2, -0.15) is 0 Å². The van der Waals surface area contributed by atoms with Crippen molar-refractivity contribution in [2.75, 3.05) is 26.7 Å². The van der Waals surface area contributed by atoms with Gasteiger partial charge >= 0.3 is 0 Å². The molecule has 2 aliphatic rings. The van der Waals surface area contributed by atoms with Crippen LogP contribution in [0.5, 0.6) is 0 Å². The molecule has 3 rings (SSSR count). The number of carbonyl (C=O) groups is 1. The Labute approximate surface area is 146 Å². The average molecular weight is 337 g/mol.